The summed E-state index contributed by atoms with van der Waals surface area (Å²) in [6.45, 7) is 6.57. The minimum Gasteiger partial charge on any atom is -0.492 e. The Morgan fingerprint density at radius 2 is 2.06 bits per heavy atom. The zero-order valence-corrected chi connectivity index (χ0v) is 11.5. The molecule has 0 aliphatic rings. The zero-order valence-electron chi connectivity index (χ0n) is 9.92. The predicted octanol–water partition coefficient (Wildman–Crippen LogP) is 3.36. The Morgan fingerprint density at radius 3 is 2.56 bits per heavy atom. The lowest BCUT2D eigenvalue weighted by Crippen LogP contribution is -2.18. The number of hydrogen-bond donors (Lipinski definition) is 1. The molecule has 2 N–H and O–H groups in total. The molecule has 0 aliphatic carbocycles. The standard InChI is InChI=1S/C12H18ClNO.ClH/c1-4-15-12-10(7-9(3)14)5-8(2)6-11(12)13;/h5-6,9H,4,7,14H2,1-3H3;1H. The van der Waals surface area contributed by atoms with E-state index < -0.39 is 0 Å². The lowest BCUT2D eigenvalue weighted by molar-refractivity contribution is 0.336. The first kappa shape index (κ1) is 15.6. The first-order chi connectivity index (χ1) is 7.04. The third-order valence-electron chi connectivity index (χ3n) is 2.10. The highest BCUT2D eigenvalue weighted by Gasteiger charge is 2.10. The van der Waals surface area contributed by atoms with Crippen LogP contribution < -0.4 is 10.5 Å². The minimum absolute atomic E-state index is 0. The van der Waals surface area contributed by atoms with Crippen LogP contribution in [0, 0.1) is 6.92 Å². The van der Waals surface area contributed by atoms with E-state index in [1.165, 1.54) is 0 Å². The first-order valence-corrected chi connectivity index (χ1v) is 5.59. The molecule has 0 heterocycles. The lowest BCUT2D eigenvalue weighted by Gasteiger charge is -2.14. The highest BCUT2D eigenvalue weighted by Crippen LogP contribution is 2.31. The summed E-state index contributed by atoms with van der Waals surface area (Å²) in [6.07, 6.45) is 0.788. The fraction of sp³-hybridized carbons (Fsp3) is 0.500. The van der Waals surface area contributed by atoms with Crippen LogP contribution >= 0.6 is 24.0 Å². The van der Waals surface area contributed by atoms with E-state index in [0.29, 0.717) is 11.6 Å². The number of rotatable bonds is 4. The van der Waals surface area contributed by atoms with Gasteiger partial charge in [0.2, 0.25) is 0 Å². The molecule has 0 bridgehead atoms. The topological polar surface area (TPSA) is 35.2 Å². The van der Waals surface area contributed by atoms with Crippen molar-refractivity contribution in [3.05, 3.63) is 28.3 Å². The summed E-state index contributed by atoms with van der Waals surface area (Å²) in [7, 11) is 0. The molecule has 0 amide bonds. The van der Waals surface area contributed by atoms with Crippen LogP contribution in [0.5, 0.6) is 5.75 Å². The van der Waals surface area contributed by atoms with E-state index in [-0.39, 0.29) is 18.4 Å². The predicted molar refractivity (Wildman–Crippen MR) is 72.0 cm³/mol. The van der Waals surface area contributed by atoms with E-state index in [0.717, 1.165) is 23.3 Å². The molecule has 1 aromatic rings. The molecule has 0 spiro atoms. The summed E-state index contributed by atoms with van der Waals surface area (Å²) < 4.78 is 5.54. The Morgan fingerprint density at radius 1 is 1.44 bits per heavy atom. The summed E-state index contributed by atoms with van der Waals surface area (Å²) >= 11 is 6.13. The molecule has 4 heteroatoms. The van der Waals surface area contributed by atoms with Crippen molar-refractivity contribution in [3.8, 4) is 5.75 Å². The van der Waals surface area contributed by atoms with Gasteiger partial charge in [0.25, 0.3) is 0 Å². The number of benzene rings is 1. The van der Waals surface area contributed by atoms with Gasteiger partial charge in [-0.3, -0.25) is 0 Å². The van der Waals surface area contributed by atoms with Crippen LogP contribution in [-0.4, -0.2) is 12.6 Å². The normalized spacial score (nSPS) is 11.8. The number of nitrogens with two attached hydrogens (primary N) is 1. The Bertz CT molecular complexity index is 340. The molecule has 0 aromatic heterocycles. The van der Waals surface area contributed by atoms with Crippen molar-refractivity contribution in [2.75, 3.05) is 6.61 Å². The van der Waals surface area contributed by atoms with E-state index in [1.54, 1.807) is 0 Å². The Kier molecular flexibility index (Phi) is 6.81. The maximum Gasteiger partial charge on any atom is 0.141 e. The fourth-order valence-electron chi connectivity index (χ4n) is 1.61. The molecule has 1 atom stereocenters. The third-order valence-corrected chi connectivity index (χ3v) is 2.38. The molecule has 0 saturated carbocycles. The average molecular weight is 264 g/mol. The Labute approximate surface area is 109 Å². The van der Waals surface area contributed by atoms with Crippen LogP contribution in [0.25, 0.3) is 0 Å². The molecule has 92 valence electrons. The van der Waals surface area contributed by atoms with Crippen molar-refractivity contribution >= 4 is 24.0 Å². The molecule has 1 unspecified atom stereocenters. The van der Waals surface area contributed by atoms with E-state index in [1.807, 2.05) is 26.8 Å². The van der Waals surface area contributed by atoms with Gasteiger partial charge in [0, 0.05) is 6.04 Å². The van der Waals surface area contributed by atoms with Crippen molar-refractivity contribution in [2.24, 2.45) is 5.73 Å². The van der Waals surface area contributed by atoms with Crippen molar-refractivity contribution < 1.29 is 4.74 Å². The van der Waals surface area contributed by atoms with Gasteiger partial charge < -0.3 is 10.5 Å². The second kappa shape index (κ2) is 7.00. The van der Waals surface area contributed by atoms with Gasteiger partial charge in [-0.25, -0.2) is 0 Å². The number of ether oxygens (including phenoxy) is 1. The molecule has 1 rings (SSSR count). The molecule has 2 nitrogen and oxygen atoms in total. The van der Waals surface area contributed by atoms with Crippen molar-refractivity contribution in [1.82, 2.24) is 0 Å². The quantitative estimate of drug-likeness (QED) is 0.905. The van der Waals surface area contributed by atoms with E-state index in [9.17, 15) is 0 Å². The van der Waals surface area contributed by atoms with Gasteiger partial charge >= 0.3 is 0 Å². The SMILES string of the molecule is CCOc1c(Cl)cc(C)cc1CC(C)N.Cl. The van der Waals surface area contributed by atoms with Gasteiger partial charge in [-0.05, 0) is 44.4 Å². The Hall–Kier alpha value is -0.440. The number of aryl methyl sites for hydroxylation is 1. The average Bonchev–Trinajstić information content (AvgIpc) is 2.10. The van der Waals surface area contributed by atoms with Gasteiger partial charge in [0.15, 0.2) is 0 Å². The molecule has 0 fully saturated rings. The van der Waals surface area contributed by atoms with Crippen LogP contribution in [0.1, 0.15) is 25.0 Å². The van der Waals surface area contributed by atoms with Gasteiger partial charge in [-0.15, -0.1) is 12.4 Å². The monoisotopic (exact) mass is 263 g/mol. The van der Waals surface area contributed by atoms with Gasteiger partial charge in [-0.2, -0.15) is 0 Å². The van der Waals surface area contributed by atoms with Crippen LogP contribution in [0.3, 0.4) is 0 Å². The minimum atomic E-state index is 0. The van der Waals surface area contributed by atoms with Gasteiger partial charge in [0.05, 0.1) is 11.6 Å². The second-order valence-corrected chi connectivity index (χ2v) is 4.26. The second-order valence-electron chi connectivity index (χ2n) is 3.85. The van der Waals surface area contributed by atoms with Crippen molar-refractivity contribution in [2.45, 2.75) is 33.2 Å². The molecule has 16 heavy (non-hydrogen) atoms. The van der Waals surface area contributed by atoms with E-state index in [2.05, 4.69) is 6.07 Å². The van der Waals surface area contributed by atoms with Crippen molar-refractivity contribution in [1.29, 1.82) is 0 Å². The van der Waals surface area contributed by atoms with Crippen LogP contribution in [-0.2, 0) is 6.42 Å². The Balaban J connectivity index is 0.00000225. The van der Waals surface area contributed by atoms with Crippen molar-refractivity contribution in [3.63, 3.8) is 0 Å². The largest absolute Gasteiger partial charge is 0.492 e. The van der Waals surface area contributed by atoms with Crippen LogP contribution in [0.4, 0.5) is 0 Å². The van der Waals surface area contributed by atoms with Gasteiger partial charge in [0.1, 0.15) is 5.75 Å². The summed E-state index contributed by atoms with van der Waals surface area (Å²) in [6, 6.07) is 4.11. The first-order valence-electron chi connectivity index (χ1n) is 5.22. The molecular formula is C12H19Cl2NO. The number of hydrogen-bond acceptors (Lipinski definition) is 2. The van der Waals surface area contributed by atoms with Crippen LogP contribution in [0.15, 0.2) is 12.1 Å². The summed E-state index contributed by atoms with van der Waals surface area (Å²) in [4.78, 5) is 0. The highest BCUT2D eigenvalue weighted by molar-refractivity contribution is 6.32. The van der Waals surface area contributed by atoms with Gasteiger partial charge in [-0.1, -0.05) is 17.7 Å². The number of halogens is 2. The summed E-state index contributed by atoms with van der Waals surface area (Å²) in [5.74, 6) is 0.780. The molecule has 0 radical (unpaired) electrons. The van der Waals surface area contributed by atoms with E-state index in [4.69, 9.17) is 22.1 Å². The van der Waals surface area contributed by atoms with E-state index >= 15 is 0 Å². The zero-order chi connectivity index (χ0) is 11.4. The molecule has 1 aromatic carbocycles. The third kappa shape index (κ3) is 4.20. The molecule has 0 aliphatic heterocycles. The summed E-state index contributed by atoms with van der Waals surface area (Å²) in [5, 5.41) is 0.674. The smallest absolute Gasteiger partial charge is 0.141 e. The van der Waals surface area contributed by atoms with Crippen LogP contribution in [0.2, 0.25) is 5.02 Å². The fourth-order valence-corrected chi connectivity index (χ4v) is 1.95. The lowest BCUT2D eigenvalue weighted by atomic mass is 10.0. The highest BCUT2D eigenvalue weighted by atomic mass is 35.5. The maximum absolute atomic E-state index is 6.13. The molecular weight excluding hydrogens is 245 g/mol. The summed E-state index contributed by atoms with van der Waals surface area (Å²) in [5.41, 5.74) is 8.02. The maximum atomic E-state index is 6.13. The molecule has 0 saturated heterocycles.